The summed E-state index contributed by atoms with van der Waals surface area (Å²) in [6, 6.07) is 3.84. The van der Waals surface area contributed by atoms with E-state index in [4.69, 9.17) is 4.74 Å². The van der Waals surface area contributed by atoms with Gasteiger partial charge in [0.15, 0.2) is 0 Å². The first kappa shape index (κ1) is 15.6. The summed E-state index contributed by atoms with van der Waals surface area (Å²) in [4.78, 5) is 18.3. The fraction of sp³-hybridized carbons (Fsp3) is 0.600. The van der Waals surface area contributed by atoms with Crippen molar-refractivity contribution in [3.63, 3.8) is 0 Å². The van der Waals surface area contributed by atoms with Crippen molar-refractivity contribution in [2.45, 2.75) is 25.8 Å². The number of carbonyl (C=O) groups is 1. The topological polar surface area (TPSA) is 66.5 Å². The minimum atomic E-state index is -0.148. The molecule has 21 heavy (non-hydrogen) atoms. The van der Waals surface area contributed by atoms with Gasteiger partial charge in [-0.2, -0.15) is 0 Å². The van der Waals surface area contributed by atoms with Crippen molar-refractivity contribution in [2.75, 3.05) is 38.3 Å². The van der Waals surface area contributed by atoms with Crippen molar-refractivity contribution in [1.82, 2.24) is 15.6 Å². The number of aromatic nitrogens is 1. The van der Waals surface area contributed by atoms with E-state index < -0.39 is 0 Å². The van der Waals surface area contributed by atoms with Gasteiger partial charge in [-0.15, -0.1) is 0 Å². The van der Waals surface area contributed by atoms with E-state index in [0.29, 0.717) is 19.7 Å². The first-order valence-corrected chi connectivity index (χ1v) is 7.50. The molecule has 0 aliphatic carbocycles. The number of anilines is 1. The minimum absolute atomic E-state index is 0.148. The monoisotopic (exact) mass is 292 g/mol. The lowest BCUT2D eigenvalue weighted by molar-refractivity contribution is 0.193. The molecule has 1 aromatic heterocycles. The van der Waals surface area contributed by atoms with E-state index in [9.17, 15) is 4.79 Å². The molecule has 0 bridgehead atoms. The van der Waals surface area contributed by atoms with Gasteiger partial charge in [0.05, 0.1) is 0 Å². The zero-order valence-corrected chi connectivity index (χ0v) is 12.6. The molecule has 2 rings (SSSR count). The molecule has 2 amide bonds. The smallest absolute Gasteiger partial charge is 0.315 e. The second kappa shape index (κ2) is 8.46. The SMILES string of the molecule is COCCCNC(=O)NCc1ccnc(N2CCCC2)c1. The maximum Gasteiger partial charge on any atom is 0.315 e. The first-order valence-electron chi connectivity index (χ1n) is 7.50. The molecule has 6 nitrogen and oxygen atoms in total. The first-order chi connectivity index (χ1) is 10.3. The second-order valence-electron chi connectivity index (χ2n) is 5.17. The third kappa shape index (κ3) is 5.23. The Balaban J connectivity index is 1.75. The number of nitrogens with one attached hydrogen (secondary N) is 2. The number of ether oxygens (including phenoxy) is 1. The summed E-state index contributed by atoms with van der Waals surface area (Å²) in [5.74, 6) is 1.01. The number of urea groups is 1. The average Bonchev–Trinajstić information content (AvgIpc) is 3.04. The largest absolute Gasteiger partial charge is 0.385 e. The minimum Gasteiger partial charge on any atom is -0.385 e. The van der Waals surface area contributed by atoms with Crippen LogP contribution in [0.15, 0.2) is 18.3 Å². The Kier molecular flexibility index (Phi) is 6.27. The molecule has 1 saturated heterocycles. The van der Waals surface area contributed by atoms with Gasteiger partial charge >= 0.3 is 6.03 Å². The van der Waals surface area contributed by atoms with Gasteiger partial charge in [0, 0.05) is 46.1 Å². The number of methoxy groups -OCH3 is 1. The molecule has 0 atom stereocenters. The Morgan fingerprint density at radius 1 is 1.38 bits per heavy atom. The number of rotatable bonds is 7. The summed E-state index contributed by atoms with van der Waals surface area (Å²) in [6.45, 7) is 3.94. The van der Waals surface area contributed by atoms with Crippen molar-refractivity contribution in [2.24, 2.45) is 0 Å². The van der Waals surface area contributed by atoms with Crippen molar-refractivity contribution >= 4 is 11.8 Å². The molecule has 0 saturated carbocycles. The fourth-order valence-electron chi connectivity index (χ4n) is 2.35. The van der Waals surface area contributed by atoms with Crippen LogP contribution in [0, 0.1) is 0 Å². The van der Waals surface area contributed by atoms with Crippen LogP contribution in [0.25, 0.3) is 0 Å². The predicted molar refractivity (Wildman–Crippen MR) is 82.4 cm³/mol. The molecule has 0 radical (unpaired) electrons. The second-order valence-corrected chi connectivity index (χ2v) is 5.17. The Morgan fingerprint density at radius 2 is 2.19 bits per heavy atom. The molecule has 1 aromatic rings. The number of hydrogen-bond acceptors (Lipinski definition) is 4. The van der Waals surface area contributed by atoms with Gasteiger partial charge in [-0.3, -0.25) is 0 Å². The quantitative estimate of drug-likeness (QED) is 0.748. The van der Waals surface area contributed by atoms with E-state index in [2.05, 4.69) is 26.6 Å². The maximum atomic E-state index is 11.6. The molecule has 2 heterocycles. The van der Waals surface area contributed by atoms with E-state index in [-0.39, 0.29) is 6.03 Å². The van der Waals surface area contributed by atoms with Crippen LogP contribution < -0.4 is 15.5 Å². The summed E-state index contributed by atoms with van der Waals surface area (Å²) in [6.07, 6.45) is 5.08. The summed E-state index contributed by atoms with van der Waals surface area (Å²) in [5, 5.41) is 5.66. The number of nitrogens with zero attached hydrogens (tertiary/aromatic N) is 2. The van der Waals surface area contributed by atoms with Crippen LogP contribution in [0.4, 0.5) is 10.6 Å². The normalized spacial score (nSPS) is 14.2. The number of pyridine rings is 1. The fourth-order valence-corrected chi connectivity index (χ4v) is 2.35. The summed E-state index contributed by atoms with van der Waals surface area (Å²) < 4.78 is 4.93. The van der Waals surface area contributed by atoms with Crippen LogP contribution in [0.2, 0.25) is 0 Å². The van der Waals surface area contributed by atoms with Crippen LogP contribution in [0.3, 0.4) is 0 Å². The molecule has 6 heteroatoms. The van der Waals surface area contributed by atoms with Crippen LogP contribution in [0.1, 0.15) is 24.8 Å². The molecule has 0 spiro atoms. The molecule has 0 aromatic carbocycles. The average molecular weight is 292 g/mol. The van der Waals surface area contributed by atoms with Gasteiger partial charge in [0.2, 0.25) is 0 Å². The molecule has 0 unspecified atom stereocenters. The van der Waals surface area contributed by atoms with E-state index in [1.807, 2.05) is 6.07 Å². The van der Waals surface area contributed by atoms with Gasteiger partial charge in [0.25, 0.3) is 0 Å². The van der Waals surface area contributed by atoms with Crippen LogP contribution in [-0.2, 0) is 11.3 Å². The van der Waals surface area contributed by atoms with Crippen molar-refractivity contribution in [1.29, 1.82) is 0 Å². The molecule has 1 fully saturated rings. The highest BCUT2D eigenvalue weighted by Crippen LogP contribution is 2.18. The molecular weight excluding hydrogens is 268 g/mol. The van der Waals surface area contributed by atoms with Crippen LogP contribution >= 0.6 is 0 Å². The molecule has 1 aliphatic rings. The van der Waals surface area contributed by atoms with Gasteiger partial charge in [-0.05, 0) is 37.0 Å². The Hall–Kier alpha value is -1.82. The highest BCUT2D eigenvalue weighted by molar-refractivity contribution is 5.73. The lowest BCUT2D eigenvalue weighted by atomic mass is 10.2. The van der Waals surface area contributed by atoms with E-state index in [0.717, 1.165) is 30.9 Å². The van der Waals surface area contributed by atoms with E-state index in [1.54, 1.807) is 13.3 Å². The van der Waals surface area contributed by atoms with Crippen molar-refractivity contribution in [3.8, 4) is 0 Å². The third-order valence-electron chi connectivity index (χ3n) is 3.50. The molecule has 116 valence electrons. The van der Waals surface area contributed by atoms with Gasteiger partial charge in [-0.25, -0.2) is 9.78 Å². The van der Waals surface area contributed by atoms with E-state index in [1.165, 1.54) is 12.8 Å². The number of carbonyl (C=O) groups excluding carboxylic acids is 1. The van der Waals surface area contributed by atoms with Gasteiger partial charge < -0.3 is 20.3 Å². The van der Waals surface area contributed by atoms with Gasteiger partial charge in [0.1, 0.15) is 5.82 Å². The predicted octanol–water partition coefficient (Wildman–Crippen LogP) is 1.52. The lowest BCUT2D eigenvalue weighted by Crippen LogP contribution is -2.35. The lowest BCUT2D eigenvalue weighted by Gasteiger charge is -2.17. The zero-order valence-electron chi connectivity index (χ0n) is 12.6. The van der Waals surface area contributed by atoms with Crippen LogP contribution in [-0.4, -0.2) is 44.4 Å². The number of amides is 2. The Labute approximate surface area is 125 Å². The maximum absolute atomic E-state index is 11.6. The number of hydrogen-bond donors (Lipinski definition) is 2. The summed E-state index contributed by atoms with van der Waals surface area (Å²) >= 11 is 0. The van der Waals surface area contributed by atoms with Crippen molar-refractivity contribution in [3.05, 3.63) is 23.9 Å². The van der Waals surface area contributed by atoms with Crippen LogP contribution in [0.5, 0.6) is 0 Å². The Bertz CT molecular complexity index is 447. The molecule has 1 aliphatic heterocycles. The zero-order chi connectivity index (χ0) is 14.9. The highest BCUT2D eigenvalue weighted by atomic mass is 16.5. The summed E-state index contributed by atoms with van der Waals surface area (Å²) in [7, 11) is 1.65. The molecular formula is C15H24N4O2. The van der Waals surface area contributed by atoms with E-state index >= 15 is 0 Å². The highest BCUT2D eigenvalue weighted by Gasteiger charge is 2.13. The third-order valence-corrected chi connectivity index (χ3v) is 3.50. The Morgan fingerprint density at radius 3 is 2.95 bits per heavy atom. The van der Waals surface area contributed by atoms with Crippen molar-refractivity contribution < 1.29 is 9.53 Å². The summed E-state index contributed by atoms with van der Waals surface area (Å²) in [5.41, 5.74) is 1.07. The molecule has 2 N–H and O–H groups in total. The van der Waals surface area contributed by atoms with Gasteiger partial charge in [-0.1, -0.05) is 0 Å². The standard InChI is InChI=1S/C15H24N4O2/c1-21-10-4-6-17-15(20)18-12-13-5-7-16-14(11-13)19-8-2-3-9-19/h5,7,11H,2-4,6,8-10,12H2,1H3,(H2,17,18,20).